The summed E-state index contributed by atoms with van der Waals surface area (Å²) in [7, 11) is 0. The van der Waals surface area contributed by atoms with Gasteiger partial charge in [0.1, 0.15) is 6.04 Å². The smallest absolute Gasteiger partial charge is 0.321 e. The summed E-state index contributed by atoms with van der Waals surface area (Å²) in [5.74, 6) is -3.59. The van der Waals surface area contributed by atoms with Gasteiger partial charge in [-0.2, -0.15) is 0 Å². The maximum atomic E-state index is 13.7. The fourth-order valence-electron chi connectivity index (χ4n) is 5.67. The van der Waals surface area contributed by atoms with Gasteiger partial charge in [-0.1, -0.05) is 97.1 Å². The Morgan fingerprint density at radius 3 is 2.14 bits per heavy atom. The lowest BCUT2D eigenvalue weighted by Crippen LogP contribution is -2.42. The van der Waals surface area contributed by atoms with Gasteiger partial charge in [-0.15, -0.1) is 0 Å². The second-order valence-corrected chi connectivity index (χ2v) is 9.40. The van der Waals surface area contributed by atoms with Crippen molar-refractivity contribution in [2.24, 2.45) is 11.8 Å². The highest BCUT2D eigenvalue weighted by Gasteiger charge is 2.60. The monoisotopic (exact) mass is 476 g/mol. The van der Waals surface area contributed by atoms with Crippen molar-refractivity contribution in [1.82, 2.24) is 10.2 Å². The molecule has 0 saturated carbocycles. The minimum atomic E-state index is -1.12. The number of benzene rings is 4. The molecule has 2 fully saturated rings. The Labute approximate surface area is 208 Å². The predicted octanol–water partition coefficient (Wildman–Crippen LogP) is 4.41. The number of amides is 2. The lowest BCUT2D eigenvalue weighted by atomic mass is 9.86. The molecule has 178 valence electrons. The zero-order chi connectivity index (χ0) is 24.8. The fourth-order valence-corrected chi connectivity index (χ4v) is 5.67. The molecule has 0 spiro atoms. The Hall–Kier alpha value is -4.29. The lowest BCUT2D eigenvalue weighted by Gasteiger charge is -2.22. The molecule has 2 aliphatic rings. The molecule has 2 N–H and O–H groups in total. The summed E-state index contributed by atoms with van der Waals surface area (Å²) < 4.78 is 0. The zero-order valence-corrected chi connectivity index (χ0v) is 19.4. The van der Waals surface area contributed by atoms with Crippen molar-refractivity contribution < 1.29 is 19.5 Å². The molecule has 2 saturated heterocycles. The van der Waals surface area contributed by atoms with Crippen molar-refractivity contribution >= 4 is 28.6 Å². The summed E-state index contributed by atoms with van der Waals surface area (Å²) in [6.45, 7) is 0.123. The fraction of sp³-hybridized carbons (Fsp3) is 0.167. The lowest BCUT2D eigenvalue weighted by molar-refractivity contribution is -0.146. The summed E-state index contributed by atoms with van der Waals surface area (Å²) in [6, 6.07) is 29.6. The highest BCUT2D eigenvalue weighted by Crippen LogP contribution is 2.45. The molecule has 6 rings (SSSR count). The molecule has 2 aliphatic heterocycles. The van der Waals surface area contributed by atoms with Crippen molar-refractivity contribution in [3.63, 3.8) is 0 Å². The van der Waals surface area contributed by atoms with E-state index in [1.54, 1.807) is 0 Å². The van der Waals surface area contributed by atoms with Gasteiger partial charge in [0.05, 0.1) is 18.4 Å². The van der Waals surface area contributed by atoms with Gasteiger partial charge in [0, 0.05) is 6.04 Å². The van der Waals surface area contributed by atoms with Crippen LogP contribution in [0.15, 0.2) is 97.1 Å². The molecule has 2 heterocycles. The van der Waals surface area contributed by atoms with Gasteiger partial charge in [0.25, 0.3) is 0 Å². The third kappa shape index (κ3) is 3.58. The Balaban J connectivity index is 1.33. The van der Waals surface area contributed by atoms with Crippen LogP contribution in [0.5, 0.6) is 0 Å². The molecule has 0 radical (unpaired) electrons. The molecule has 4 unspecified atom stereocenters. The van der Waals surface area contributed by atoms with E-state index in [4.69, 9.17) is 0 Å². The minimum Gasteiger partial charge on any atom is -0.480 e. The second kappa shape index (κ2) is 8.73. The van der Waals surface area contributed by atoms with E-state index in [1.165, 1.54) is 4.90 Å². The van der Waals surface area contributed by atoms with Gasteiger partial charge in [0.2, 0.25) is 11.8 Å². The Kier molecular flexibility index (Phi) is 5.38. The number of carbonyl (C=O) groups is 3. The third-order valence-electron chi connectivity index (χ3n) is 7.42. The normalized spacial score (nSPS) is 23.3. The van der Waals surface area contributed by atoms with Gasteiger partial charge in [-0.3, -0.25) is 24.6 Å². The first-order chi connectivity index (χ1) is 17.5. The molecule has 4 atom stereocenters. The molecule has 6 heteroatoms. The van der Waals surface area contributed by atoms with Crippen LogP contribution in [0.4, 0.5) is 0 Å². The van der Waals surface area contributed by atoms with Crippen LogP contribution in [0.3, 0.4) is 0 Å². The number of carboxylic acid groups (broad SMARTS) is 1. The van der Waals surface area contributed by atoms with Gasteiger partial charge in [-0.05, 0) is 33.0 Å². The quantitative estimate of drug-likeness (QED) is 0.417. The number of carbonyl (C=O) groups excluding carboxylic acids is 2. The standard InChI is InChI=1S/C30H24N2O4/c33-28-24-25(29(34)32(28)17-22-11-6-10-20-9-4-5-12-23(20)22)27(30(35)36)31-26(24)21-15-13-19(14-16-21)18-7-2-1-3-8-18/h1-16,24-27,31H,17H2,(H,35,36). The summed E-state index contributed by atoms with van der Waals surface area (Å²) in [4.78, 5) is 40.5. The van der Waals surface area contributed by atoms with E-state index >= 15 is 0 Å². The number of nitrogens with zero attached hydrogens (tertiary/aromatic N) is 1. The van der Waals surface area contributed by atoms with Crippen molar-refractivity contribution in [3.05, 3.63) is 108 Å². The molecular weight excluding hydrogens is 452 g/mol. The SMILES string of the molecule is O=C(O)C1NC(c2ccc(-c3ccccc3)cc2)C2C(=O)N(Cc3cccc4ccccc34)C(=O)C12. The van der Waals surface area contributed by atoms with E-state index in [0.29, 0.717) is 0 Å². The molecular formula is C30H24N2O4. The van der Waals surface area contributed by atoms with Gasteiger partial charge in [-0.25, -0.2) is 0 Å². The van der Waals surface area contributed by atoms with Crippen molar-refractivity contribution in [3.8, 4) is 11.1 Å². The highest BCUT2D eigenvalue weighted by molar-refractivity contribution is 6.08. The van der Waals surface area contributed by atoms with E-state index in [0.717, 1.165) is 33.0 Å². The summed E-state index contributed by atoms with van der Waals surface area (Å²) in [5.41, 5.74) is 3.74. The second-order valence-electron chi connectivity index (χ2n) is 9.40. The number of likely N-dealkylation sites (tertiary alicyclic amines) is 1. The molecule has 6 nitrogen and oxygen atoms in total. The van der Waals surface area contributed by atoms with Crippen LogP contribution in [-0.2, 0) is 20.9 Å². The van der Waals surface area contributed by atoms with E-state index < -0.39 is 35.8 Å². The number of carboxylic acids is 1. The third-order valence-corrected chi connectivity index (χ3v) is 7.42. The molecule has 2 amide bonds. The average Bonchev–Trinajstić information content (AvgIpc) is 3.42. The van der Waals surface area contributed by atoms with Gasteiger partial charge >= 0.3 is 5.97 Å². The minimum absolute atomic E-state index is 0.123. The predicted molar refractivity (Wildman–Crippen MR) is 136 cm³/mol. The van der Waals surface area contributed by atoms with Crippen LogP contribution >= 0.6 is 0 Å². The molecule has 4 aromatic rings. The Morgan fingerprint density at radius 1 is 0.750 bits per heavy atom. The molecule has 36 heavy (non-hydrogen) atoms. The summed E-state index contributed by atoms with van der Waals surface area (Å²) in [5, 5.41) is 15.0. The number of fused-ring (bicyclic) bond motifs is 2. The van der Waals surface area contributed by atoms with Crippen molar-refractivity contribution in [2.75, 3.05) is 0 Å². The maximum absolute atomic E-state index is 13.7. The topological polar surface area (TPSA) is 86.7 Å². The Bertz CT molecular complexity index is 1480. The zero-order valence-electron chi connectivity index (χ0n) is 19.4. The average molecular weight is 477 g/mol. The number of imide groups is 1. The highest BCUT2D eigenvalue weighted by atomic mass is 16.4. The largest absolute Gasteiger partial charge is 0.480 e. The van der Waals surface area contributed by atoms with E-state index in [-0.39, 0.29) is 12.5 Å². The number of aliphatic carboxylic acids is 1. The van der Waals surface area contributed by atoms with Crippen LogP contribution in [-0.4, -0.2) is 33.8 Å². The summed E-state index contributed by atoms with van der Waals surface area (Å²) in [6.07, 6.45) is 0. The number of nitrogens with one attached hydrogen (secondary N) is 1. The number of hydrogen-bond donors (Lipinski definition) is 2. The van der Waals surface area contributed by atoms with Crippen molar-refractivity contribution in [2.45, 2.75) is 18.6 Å². The molecule has 0 aliphatic carbocycles. The van der Waals surface area contributed by atoms with Crippen LogP contribution in [0.1, 0.15) is 17.2 Å². The summed E-state index contributed by atoms with van der Waals surface area (Å²) >= 11 is 0. The molecule has 0 aromatic heterocycles. The molecule has 0 bridgehead atoms. The first-order valence-corrected chi connectivity index (χ1v) is 12.0. The molecule has 4 aromatic carbocycles. The van der Waals surface area contributed by atoms with Crippen LogP contribution < -0.4 is 5.32 Å². The maximum Gasteiger partial charge on any atom is 0.321 e. The number of rotatable bonds is 5. The van der Waals surface area contributed by atoms with Gasteiger partial charge < -0.3 is 5.11 Å². The first kappa shape index (κ1) is 22.2. The first-order valence-electron chi connectivity index (χ1n) is 12.0. The Morgan fingerprint density at radius 2 is 1.39 bits per heavy atom. The van der Waals surface area contributed by atoms with Gasteiger partial charge in [0.15, 0.2) is 0 Å². The van der Waals surface area contributed by atoms with Crippen molar-refractivity contribution in [1.29, 1.82) is 0 Å². The van der Waals surface area contributed by atoms with Crippen LogP contribution in [0, 0.1) is 11.8 Å². The van der Waals surface area contributed by atoms with E-state index in [9.17, 15) is 19.5 Å². The van der Waals surface area contributed by atoms with Crippen LogP contribution in [0.25, 0.3) is 21.9 Å². The van der Waals surface area contributed by atoms with E-state index in [2.05, 4.69) is 5.32 Å². The number of hydrogen-bond acceptors (Lipinski definition) is 4. The van der Waals surface area contributed by atoms with E-state index in [1.807, 2.05) is 97.1 Å². The van der Waals surface area contributed by atoms with Crippen LogP contribution in [0.2, 0.25) is 0 Å².